The summed E-state index contributed by atoms with van der Waals surface area (Å²) in [6.07, 6.45) is 0. The lowest BCUT2D eigenvalue weighted by molar-refractivity contribution is 1.05. The monoisotopic (exact) mass is 183 g/mol. The van der Waals surface area contributed by atoms with Crippen LogP contribution in [0, 0.1) is 13.5 Å². The van der Waals surface area contributed by atoms with Crippen LogP contribution in [0.4, 0.5) is 5.69 Å². The van der Waals surface area contributed by atoms with Crippen molar-refractivity contribution in [3.05, 3.63) is 47.4 Å². The SMILES string of the molecule is [C-]#[N+]c1ccc(-c2cc(C)[nH]n2)cc1. The van der Waals surface area contributed by atoms with E-state index < -0.39 is 0 Å². The smallest absolute Gasteiger partial charge is 0.187 e. The van der Waals surface area contributed by atoms with Gasteiger partial charge in [0, 0.05) is 5.69 Å². The third-order valence-electron chi connectivity index (χ3n) is 2.00. The number of nitrogens with zero attached hydrogens (tertiary/aromatic N) is 2. The molecule has 0 saturated heterocycles. The van der Waals surface area contributed by atoms with Crippen molar-refractivity contribution in [3.63, 3.8) is 0 Å². The number of nitrogens with one attached hydrogen (secondary N) is 1. The van der Waals surface area contributed by atoms with Gasteiger partial charge in [-0.15, -0.1) is 0 Å². The number of benzene rings is 1. The second kappa shape index (κ2) is 3.35. The maximum atomic E-state index is 6.83. The number of hydrogen-bond donors (Lipinski definition) is 1. The Labute approximate surface area is 82.2 Å². The lowest BCUT2D eigenvalue weighted by Gasteiger charge is -1.94. The fraction of sp³-hybridized carbons (Fsp3) is 0.0909. The molecule has 3 heteroatoms. The van der Waals surface area contributed by atoms with E-state index in [-0.39, 0.29) is 0 Å². The normalized spacial score (nSPS) is 9.71. The van der Waals surface area contributed by atoms with Gasteiger partial charge in [0.05, 0.1) is 12.3 Å². The topological polar surface area (TPSA) is 33.0 Å². The van der Waals surface area contributed by atoms with Gasteiger partial charge < -0.3 is 0 Å². The fourth-order valence-electron chi connectivity index (χ4n) is 1.27. The molecule has 1 N–H and O–H groups in total. The van der Waals surface area contributed by atoms with Crippen molar-refractivity contribution < 1.29 is 0 Å². The molecule has 0 fully saturated rings. The van der Waals surface area contributed by atoms with E-state index in [4.69, 9.17) is 6.57 Å². The quantitative estimate of drug-likeness (QED) is 0.677. The Balaban J connectivity index is 2.39. The second-order valence-electron chi connectivity index (χ2n) is 3.09. The lowest BCUT2D eigenvalue weighted by atomic mass is 10.1. The minimum absolute atomic E-state index is 0.654. The molecule has 1 aromatic heterocycles. The first-order valence-electron chi connectivity index (χ1n) is 4.29. The predicted molar refractivity (Wildman–Crippen MR) is 55.0 cm³/mol. The van der Waals surface area contributed by atoms with Crippen LogP contribution in [0.3, 0.4) is 0 Å². The highest BCUT2D eigenvalue weighted by Gasteiger charge is 2.00. The molecule has 2 aromatic rings. The number of H-pyrrole nitrogens is 1. The third-order valence-corrected chi connectivity index (χ3v) is 2.00. The van der Waals surface area contributed by atoms with Gasteiger partial charge in [0.15, 0.2) is 5.69 Å². The highest BCUT2D eigenvalue weighted by molar-refractivity contribution is 5.62. The van der Waals surface area contributed by atoms with Gasteiger partial charge in [-0.1, -0.05) is 24.3 Å². The summed E-state index contributed by atoms with van der Waals surface area (Å²) in [6, 6.07) is 9.39. The molecule has 0 bridgehead atoms. The maximum Gasteiger partial charge on any atom is 0.187 e. The number of aryl methyl sites for hydroxylation is 1. The summed E-state index contributed by atoms with van der Waals surface area (Å²) in [4.78, 5) is 3.33. The van der Waals surface area contributed by atoms with Gasteiger partial charge in [-0.3, -0.25) is 5.10 Å². The van der Waals surface area contributed by atoms with Gasteiger partial charge in [0.1, 0.15) is 0 Å². The van der Waals surface area contributed by atoms with Gasteiger partial charge in [-0.2, -0.15) is 5.10 Å². The largest absolute Gasteiger partial charge is 0.282 e. The van der Waals surface area contributed by atoms with Crippen LogP contribution in [-0.4, -0.2) is 10.2 Å². The Kier molecular flexibility index (Phi) is 2.04. The zero-order valence-corrected chi connectivity index (χ0v) is 7.78. The van der Waals surface area contributed by atoms with Crippen LogP contribution in [0.1, 0.15) is 5.69 Å². The molecule has 1 aromatic carbocycles. The van der Waals surface area contributed by atoms with Gasteiger partial charge in [0.2, 0.25) is 0 Å². The Morgan fingerprint density at radius 1 is 1.29 bits per heavy atom. The highest BCUT2D eigenvalue weighted by Crippen LogP contribution is 2.21. The molecule has 0 aliphatic rings. The van der Waals surface area contributed by atoms with E-state index in [2.05, 4.69) is 15.0 Å². The molecule has 0 radical (unpaired) electrons. The van der Waals surface area contributed by atoms with E-state index >= 15 is 0 Å². The van der Waals surface area contributed by atoms with Crippen LogP contribution >= 0.6 is 0 Å². The molecule has 3 nitrogen and oxygen atoms in total. The van der Waals surface area contributed by atoms with Gasteiger partial charge in [-0.05, 0) is 18.6 Å². The van der Waals surface area contributed by atoms with Crippen LogP contribution in [-0.2, 0) is 0 Å². The summed E-state index contributed by atoms with van der Waals surface area (Å²) in [5, 5.41) is 7.02. The Bertz CT molecular complexity index is 474. The first-order valence-corrected chi connectivity index (χ1v) is 4.29. The van der Waals surface area contributed by atoms with E-state index in [1.165, 1.54) is 0 Å². The standard InChI is InChI=1S/C11H9N3/c1-8-7-11(14-13-8)9-3-5-10(12-2)6-4-9/h3-7H,1H3,(H,13,14). The van der Waals surface area contributed by atoms with Crippen molar-refractivity contribution in [1.82, 2.24) is 10.2 Å². The van der Waals surface area contributed by atoms with E-state index in [0.29, 0.717) is 5.69 Å². The molecule has 0 aliphatic carbocycles. The minimum atomic E-state index is 0.654. The number of aromatic nitrogens is 2. The number of rotatable bonds is 1. The Morgan fingerprint density at radius 2 is 2.00 bits per heavy atom. The first kappa shape index (κ1) is 8.52. The zero-order valence-electron chi connectivity index (χ0n) is 7.78. The lowest BCUT2D eigenvalue weighted by Crippen LogP contribution is -1.75. The van der Waals surface area contributed by atoms with Gasteiger partial charge in [0.25, 0.3) is 0 Å². The third kappa shape index (κ3) is 1.50. The van der Waals surface area contributed by atoms with Gasteiger partial charge >= 0.3 is 0 Å². The molecule has 0 atom stereocenters. The van der Waals surface area contributed by atoms with Crippen LogP contribution in [0.5, 0.6) is 0 Å². The minimum Gasteiger partial charge on any atom is -0.282 e. The van der Waals surface area contributed by atoms with E-state index in [1.54, 1.807) is 12.1 Å². The van der Waals surface area contributed by atoms with Crippen molar-refractivity contribution in [2.45, 2.75) is 6.92 Å². The van der Waals surface area contributed by atoms with E-state index in [9.17, 15) is 0 Å². The average molecular weight is 183 g/mol. The zero-order chi connectivity index (χ0) is 9.97. The Hall–Kier alpha value is -2.08. The molecular weight excluding hydrogens is 174 g/mol. The average Bonchev–Trinajstić information content (AvgIpc) is 2.65. The van der Waals surface area contributed by atoms with Gasteiger partial charge in [-0.25, -0.2) is 4.85 Å². The molecular formula is C11H9N3. The Morgan fingerprint density at radius 3 is 2.50 bits per heavy atom. The first-order chi connectivity index (χ1) is 6.79. The summed E-state index contributed by atoms with van der Waals surface area (Å²) < 4.78 is 0. The second-order valence-corrected chi connectivity index (χ2v) is 3.09. The van der Waals surface area contributed by atoms with Crippen molar-refractivity contribution in [1.29, 1.82) is 0 Å². The van der Waals surface area contributed by atoms with Crippen molar-refractivity contribution in [3.8, 4) is 11.3 Å². The van der Waals surface area contributed by atoms with Crippen LogP contribution in [0.15, 0.2) is 30.3 Å². The molecule has 1 heterocycles. The highest BCUT2D eigenvalue weighted by atomic mass is 15.1. The summed E-state index contributed by atoms with van der Waals surface area (Å²) in [7, 11) is 0. The molecule has 0 aliphatic heterocycles. The molecule has 0 amide bonds. The van der Waals surface area contributed by atoms with E-state index in [1.807, 2.05) is 25.1 Å². The van der Waals surface area contributed by atoms with Crippen LogP contribution < -0.4 is 0 Å². The molecule has 68 valence electrons. The van der Waals surface area contributed by atoms with Crippen molar-refractivity contribution in [2.24, 2.45) is 0 Å². The molecule has 0 saturated carbocycles. The molecule has 0 spiro atoms. The maximum absolute atomic E-state index is 6.83. The van der Waals surface area contributed by atoms with Crippen molar-refractivity contribution in [2.75, 3.05) is 0 Å². The molecule has 14 heavy (non-hydrogen) atoms. The molecule has 0 unspecified atom stereocenters. The molecule has 2 rings (SSSR count). The summed E-state index contributed by atoms with van der Waals surface area (Å²) in [5.74, 6) is 0. The van der Waals surface area contributed by atoms with E-state index in [0.717, 1.165) is 17.0 Å². The summed E-state index contributed by atoms with van der Waals surface area (Å²) in [5.41, 5.74) is 3.64. The van der Waals surface area contributed by atoms with Crippen LogP contribution in [0.2, 0.25) is 0 Å². The number of aromatic amines is 1. The number of hydrogen-bond acceptors (Lipinski definition) is 1. The predicted octanol–water partition coefficient (Wildman–Crippen LogP) is 2.94. The van der Waals surface area contributed by atoms with Crippen molar-refractivity contribution >= 4 is 5.69 Å². The summed E-state index contributed by atoms with van der Waals surface area (Å²) in [6.45, 7) is 8.79. The summed E-state index contributed by atoms with van der Waals surface area (Å²) >= 11 is 0. The van der Waals surface area contributed by atoms with Crippen LogP contribution in [0.25, 0.3) is 16.1 Å². The fourth-order valence-corrected chi connectivity index (χ4v) is 1.27.